The first-order valence-corrected chi connectivity index (χ1v) is 7.23. The van der Waals surface area contributed by atoms with E-state index in [2.05, 4.69) is 32.7 Å². The smallest absolute Gasteiger partial charge is 0.0900 e. The first-order chi connectivity index (χ1) is 7.47. The second kappa shape index (κ2) is 5.31. The van der Waals surface area contributed by atoms with Crippen LogP contribution in [0.2, 0.25) is 0 Å². The fourth-order valence-corrected chi connectivity index (χ4v) is 3.31. The van der Waals surface area contributed by atoms with Gasteiger partial charge in [-0.05, 0) is 37.5 Å². The molecule has 1 aromatic heterocycles. The Morgan fingerprint density at radius 3 is 2.44 bits per heavy atom. The van der Waals surface area contributed by atoms with E-state index in [1.807, 2.05) is 25.2 Å². The second-order valence-corrected chi connectivity index (χ2v) is 6.70. The molecular formula is C14H25NS. The molecule has 1 aliphatic rings. The van der Waals surface area contributed by atoms with Crippen LogP contribution in [0.25, 0.3) is 0 Å². The normalized spacial score (nSPS) is 19.8. The Labute approximate surface area is 104 Å². The van der Waals surface area contributed by atoms with Gasteiger partial charge < -0.3 is 0 Å². The summed E-state index contributed by atoms with van der Waals surface area (Å²) in [5.41, 5.74) is 1.84. The molecule has 2 rings (SSSR count). The number of aryl methyl sites for hydroxylation is 2. The lowest BCUT2D eigenvalue weighted by Crippen LogP contribution is -2.26. The van der Waals surface area contributed by atoms with Crippen molar-refractivity contribution in [2.24, 2.45) is 11.3 Å². The van der Waals surface area contributed by atoms with Crippen molar-refractivity contribution in [2.75, 3.05) is 0 Å². The molecule has 0 spiro atoms. The summed E-state index contributed by atoms with van der Waals surface area (Å²) < 4.78 is 0. The highest BCUT2D eigenvalue weighted by molar-refractivity contribution is 7.11. The quantitative estimate of drug-likeness (QED) is 0.643. The summed E-state index contributed by atoms with van der Waals surface area (Å²) in [4.78, 5) is 6.14. The number of thiazole rings is 1. The first kappa shape index (κ1) is 13.7. The van der Waals surface area contributed by atoms with Gasteiger partial charge in [0.05, 0.1) is 10.7 Å². The number of rotatable bonds is 0. The van der Waals surface area contributed by atoms with Crippen molar-refractivity contribution in [3.8, 4) is 0 Å². The Bertz CT molecular complexity index is 333. The van der Waals surface area contributed by atoms with Crippen molar-refractivity contribution in [1.82, 2.24) is 4.98 Å². The van der Waals surface area contributed by atoms with Gasteiger partial charge in [0.25, 0.3) is 0 Å². The summed E-state index contributed by atoms with van der Waals surface area (Å²) in [6.07, 6.45) is 3.77. The fraction of sp³-hybridized carbons (Fsp3) is 0.786. The molecule has 1 aliphatic carbocycles. The molecular weight excluding hydrogens is 214 g/mol. The number of fused-ring (bicyclic) bond motifs is 1. The van der Waals surface area contributed by atoms with Crippen LogP contribution in [0.15, 0.2) is 0 Å². The van der Waals surface area contributed by atoms with Crippen LogP contribution in [-0.2, 0) is 12.8 Å². The van der Waals surface area contributed by atoms with Gasteiger partial charge in [0.1, 0.15) is 0 Å². The third-order valence-electron chi connectivity index (χ3n) is 3.27. The fourth-order valence-electron chi connectivity index (χ4n) is 2.24. The molecule has 0 radical (unpaired) electrons. The van der Waals surface area contributed by atoms with Gasteiger partial charge in [-0.15, -0.1) is 11.3 Å². The van der Waals surface area contributed by atoms with Crippen molar-refractivity contribution in [2.45, 2.75) is 60.8 Å². The summed E-state index contributed by atoms with van der Waals surface area (Å²) in [6.45, 7) is 13.2. The van der Waals surface area contributed by atoms with Gasteiger partial charge in [0.15, 0.2) is 0 Å². The highest BCUT2D eigenvalue weighted by atomic mass is 32.1. The third-order valence-corrected chi connectivity index (χ3v) is 4.31. The number of nitrogens with zero attached hydrogens (tertiary/aromatic N) is 1. The summed E-state index contributed by atoms with van der Waals surface area (Å²) in [5, 5.41) is 1.24. The summed E-state index contributed by atoms with van der Waals surface area (Å²) >= 11 is 1.90. The Morgan fingerprint density at radius 2 is 1.88 bits per heavy atom. The lowest BCUT2D eigenvalue weighted by atomic mass is 9.73. The van der Waals surface area contributed by atoms with Crippen molar-refractivity contribution in [3.63, 3.8) is 0 Å². The molecule has 16 heavy (non-hydrogen) atoms. The summed E-state index contributed by atoms with van der Waals surface area (Å²) in [5.74, 6) is 0.842. The zero-order valence-corrected chi connectivity index (χ0v) is 12.4. The zero-order valence-electron chi connectivity index (χ0n) is 11.6. The molecule has 92 valence electrons. The van der Waals surface area contributed by atoms with Gasteiger partial charge in [-0.3, -0.25) is 0 Å². The minimum atomic E-state index is 0.454. The summed E-state index contributed by atoms with van der Waals surface area (Å²) in [7, 11) is 0. The molecule has 0 aromatic carbocycles. The van der Waals surface area contributed by atoms with Crippen molar-refractivity contribution in [1.29, 1.82) is 0 Å². The maximum atomic E-state index is 4.59. The molecule has 1 heterocycles. The topological polar surface area (TPSA) is 12.9 Å². The van der Waals surface area contributed by atoms with Gasteiger partial charge in [-0.25, -0.2) is 4.98 Å². The summed E-state index contributed by atoms with van der Waals surface area (Å²) in [6, 6.07) is 0. The second-order valence-electron chi connectivity index (χ2n) is 5.41. The average Bonchev–Trinajstić information content (AvgIpc) is 2.58. The first-order valence-electron chi connectivity index (χ1n) is 6.42. The van der Waals surface area contributed by atoms with E-state index in [4.69, 9.17) is 0 Å². The van der Waals surface area contributed by atoms with E-state index < -0.39 is 0 Å². The Balaban J connectivity index is 0.000000606. The molecule has 1 atom stereocenters. The van der Waals surface area contributed by atoms with E-state index in [1.54, 1.807) is 4.88 Å². The van der Waals surface area contributed by atoms with E-state index in [1.165, 1.54) is 30.0 Å². The van der Waals surface area contributed by atoms with Gasteiger partial charge in [-0.2, -0.15) is 0 Å². The minimum Gasteiger partial charge on any atom is -0.246 e. The van der Waals surface area contributed by atoms with E-state index in [0.29, 0.717) is 5.41 Å². The Hall–Kier alpha value is -0.370. The standard InChI is InChI=1S/C12H19NS.C2H6/c1-8-13-10-6-5-9(12(2,3)4)7-11(10)14-8;1-2/h9H,5-7H2,1-4H3;1-2H3. The van der Waals surface area contributed by atoms with Crippen LogP contribution >= 0.6 is 11.3 Å². The highest BCUT2D eigenvalue weighted by Crippen LogP contribution is 2.38. The minimum absolute atomic E-state index is 0.454. The third kappa shape index (κ3) is 3.07. The van der Waals surface area contributed by atoms with Crippen LogP contribution in [-0.4, -0.2) is 4.98 Å². The van der Waals surface area contributed by atoms with Crippen LogP contribution in [0.3, 0.4) is 0 Å². The molecule has 1 unspecified atom stereocenters. The predicted molar refractivity (Wildman–Crippen MR) is 73.2 cm³/mol. The van der Waals surface area contributed by atoms with Crippen molar-refractivity contribution in [3.05, 3.63) is 15.6 Å². The molecule has 1 nitrogen and oxygen atoms in total. The molecule has 0 N–H and O–H groups in total. The monoisotopic (exact) mass is 239 g/mol. The Kier molecular flexibility index (Phi) is 4.54. The van der Waals surface area contributed by atoms with Crippen LogP contribution in [0, 0.1) is 18.3 Å². The van der Waals surface area contributed by atoms with Crippen molar-refractivity contribution >= 4 is 11.3 Å². The lowest BCUT2D eigenvalue weighted by Gasteiger charge is -2.33. The van der Waals surface area contributed by atoms with Crippen LogP contribution in [0.1, 0.15) is 56.6 Å². The van der Waals surface area contributed by atoms with Gasteiger partial charge in [0, 0.05) is 4.88 Å². The maximum absolute atomic E-state index is 4.59. The number of hydrogen-bond acceptors (Lipinski definition) is 2. The van der Waals surface area contributed by atoms with Gasteiger partial charge in [0.2, 0.25) is 0 Å². The van der Waals surface area contributed by atoms with E-state index >= 15 is 0 Å². The molecule has 0 amide bonds. The number of hydrogen-bond donors (Lipinski definition) is 0. The molecule has 2 heteroatoms. The maximum Gasteiger partial charge on any atom is 0.0900 e. The SMILES string of the molecule is CC.Cc1nc2c(s1)CC(C(C)(C)C)CC2. The van der Waals surface area contributed by atoms with E-state index in [9.17, 15) is 0 Å². The zero-order chi connectivity index (χ0) is 12.3. The predicted octanol–water partition coefficient (Wildman–Crippen LogP) is 4.63. The van der Waals surface area contributed by atoms with Crippen LogP contribution in [0.5, 0.6) is 0 Å². The molecule has 0 saturated carbocycles. The molecule has 0 fully saturated rings. The molecule has 0 aliphatic heterocycles. The number of aromatic nitrogens is 1. The lowest BCUT2D eigenvalue weighted by molar-refractivity contribution is 0.217. The largest absolute Gasteiger partial charge is 0.246 e. The van der Waals surface area contributed by atoms with Crippen LogP contribution < -0.4 is 0 Å². The van der Waals surface area contributed by atoms with Gasteiger partial charge >= 0.3 is 0 Å². The highest BCUT2D eigenvalue weighted by Gasteiger charge is 2.30. The molecule has 0 saturated heterocycles. The van der Waals surface area contributed by atoms with Crippen molar-refractivity contribution < 1.29 is 0 Å². The molecule has 0 bridgehead atoms. The Morgan fingerprint density at radius 1 is 1.25 bits per heavy atom. The van der Waals surface area contributed by atoms with Gasteiger partial charge in [-0.1, -0.05) is 34.6 Å². The van der Waals surface area contributed by atoms with Crippen LogP contribution in [0.4, 0.5) is 0 Å². The van der Waals surface area contributed by atoms with E-state index in [0.717, 1.165) is 5.92 Å². The van der Waals surface area contributed by atoms with E-state index in [-0.39, 0.29) is 0 Å². The average molecular weight is 239 g/mol. The molecule has 1 aromatic rings.